The lowest BCUT2D eigenvalue weighted by Gasteiger charge is -2.49. The maximum atomic E-state index is 15.5. The van der Waals surface area contributed by atoms with E-state index in [9.17, 15) is 4.79 Å². The van der Waals surface area contributed by atoms with E-state index in [4.69, 9.17) is 47.4 Å². The second kappa shape index (κ2) is 21.7. The Morgan fingerprint density at radius 2 is 1.47 bits per heavy atom. The van der Waals surface area contributed by atoms with E-state index in [1.807, 2.05) is 30.0 Å². The maximum Gasteiger partial charge on any atom is 0.289 e. The van der Waals surface area contributed by atoms with Crippen molar-refractivity contribution in [3.63, 3.8) is 0 Å². The van der Waals surface area contributed by atoms with Crippen LogP contribution in [-0.2, 0) is 36.6 Å². The van der Waals surface area contributed by atoms with Gasteiger partial charge in [0.15, 0.2) is 34.2 Å². The van der Waals surface area contributed by atoms with E-state index in [0.717, 1.165) is 61.4 Å². The highest BCUT2D eigenvalue weighted by molar-refractivity contribution is 5.92. The number of fused-ring (bicyclic) bond motifs is 5. The van der Waals surface area contributed by atoms with Crippen LogP contribution in [0, 0.1) is 17.8 Å². The summed E-state index contributed by atoms with van der Waals surface area (Å²) in [6, 6.07) is 15.5. The van der Waals surface area contributed by atoms with Crippen LogP contribution in [0.25, 0.3) is 11.0 Å². The Hall–Kier alpha value is -5.12. The number of nitrogens with zero attached hydrogens (tertiary/aromatic N) is 2. The van der Waals surface area contributed by atoms with Crippen molar-refractivity contribution >= 4 is 16.9 Å². The standard InChI is InChI=1S/C52H66N2O12/c1-7-32-30-53-16-13-33-25-45(58-3)47(60-5)27-38(33)42(53)23-35(32)24-43-39-28-48(61-6)46(59-4)26-34(39)14-17-54(43)51(57)49-29-40(41-31-65-44-12-10-9-11-37(44)50(41)56)36(52(66-49)64-8-2)15-19-62-21-22-63-20-18-55/h9-12,25-29,31-32,35-36,40,42-43,52,55H,7-8,13-24,30H2,1-6H3/t32-,35+,36+,40-,42-,43+,52+/m0/s1. The van der Waals surface area contributed by atoms with Gasteiger partial charge < -0.3 is 52.3 Å². The van der Waals surface area contributed by atoms with Crippen LogP contribution in [0.5, 0.6) is 23.0 Å². The van der Waals surface area contributed by atoms with Gasteiger partial charge in [0.25, 0.3) is 5.91 Å². The third-order valence-corrected chi connectivity index (χ3v) is 14.3. The summed E-state index contributed by atoms with van der Waals surface area (Å²) in [5, 5.41) is 9.56. The number of ether oxygens (including phenoxy) is 8. The summed E-state index contributed by atoms with van der Waals surface area (Å²) in [5.74, 6) is 2.29. The Bertz CT molecular complexity index is 2400. The van der Waals surface area contributed by atoms with Crippen molar-refractivity contribution in [2.75, 3.05) is 87.7 Å². The summed E-state index contributed by atoms with van der Waals surface area (Å²) >= 11 is 0. The molecule has 1 N–H and O–H groups in total. The van der Waals surface area contributed by atoms with Crippen LogP contribution in [0.1, 0.15) is 85.3 Å². The summed E-state index contributed by atoms with van der Waals surface area (Å²) in [5.41, 5.74) is 5.44. The second-order valence-corrected chi connectivity index (χ2v) is 17.7. The van der Waals surface area contributed by atoms with Crippen LogP contribution >= 0.6 is 0 Å². The topological polar surface area (TPSA) is 148 Å². The molecule has 0 unspecified atom stereocenters. The van der Waals surface area contributed by atoms with Crippen molar-refractivity contribution in [3.8, 4) is 23.0 Å². The third kappa shape index (κ3) is 9.66. The molecule has 4 aliphatic rings. The number of amides is 1. The largest absolute Gasteiger partial charge is 0.493 e. The first-order chi connectivity index (χ1) is 32.2. The molecule has 0 saturated carbocycles. The van der Waals surface area contributed by atoms with E-state index < -0.39 is 18.1 Å². The van der Waals surface area contributed by atoms with Crippen LogP contribution in [0.15, 0.2) is 75.8 Å². The van der Waals surface area contributed by atoms with Crippen molar-refractivity contribution in [2.24, 2.45) is 17.8 Å². The zero-order valence-electron chi connectivity index (χ0n) is 39.3. The number of hydrogen-bond acceptors (Lipinski definition) is 13. The van der Waals surface area contributed by atoms with Gasteiger partial charge in [0, 0.05) is 56.3 Å². The average Bonchev–Trinajstić information content (AvgIpc) is 3.35. The molecule has 4 aliphatic heterocycles. The predicted molar refractivity (Wildman–Crippen MR) is 248 cm³/mol. The lowest BCUT2D eigenvalue weighted by molar-refractivity contribution is -0.173. The SMILES string of the molecule is CCO[C@@H]1OC(C(=O)N2CCc3cc(OC)c(OC)cc3[C@H]2C[C@H]2C[C@H]3c4cc(OC)c(OC)cc4CCN3C[C@@H]2CC)=C[C@H](c2coc3ccccc3c2=O)[C@H]1CCOCCOCCO. The number of hydrogen-bond donors (Lipinski definition) is 1. The molecule has 1 aromatic heterocycles. The molecular formula is C52H66N2O12. The van der Waals surface area contributed by atoms with E-state index in [1.165, 1.54) is 17.4 Å². The van der Waals surface area contributed by atoms with E-state index in [-0.39, 0.29) is 48.3 Å². The molecule has 1 fully saturated rings. The van der Waals surface area contributed by atoms with Gasteiger partial charge in [0.05, 0.1) is 72.6 Å². The van der Waals surface area contributed by atoms with Gasteiger partial charge in [-0.2, -0.15) is 0 Å². The Balaban J connectivity index is 1.16. The average molecular weight is 911 g/mol. The van der Waals surface area contributed by atoms with Crippen molar-refractivity contribution in [1.29, 1.82) is 0 Å². The zero-order chi connectivity index (χ0) is 46.3. The Kier molecular flexibility index (Phi) is 15.6. The number of methoxy groups -OCH3 is 4. The summed E-state index contributed by atoms with van der Waals surface area (Å²) in [6.07, 6.45) is 7.13. The van der Waals surface area contributed by atoms with Crippen molar-refractivity contribution < 1.29 is 52.2 Å². The van der Waals surface area contributed by atoms with E-state index in [1.54, 1.807) is 40.6 Å². The lowest BCUT2D eigenvalue weighted by atomic mass is 9.72. The van der Waals surface area contributed by atoms with Crippen molar-refractivity contribution in [1.82, 2.24) is 9.80 Å². The second-order valence-electron chi connectivity index (χ2n) is 17.7. The number of allylic oxidation sites excluding steroid dienone is 1. The molecule has 3 aromatic carbocycles. The van der Waals surface area contributed by atoms with Gasteiger partial charge in [-0.05, 0) is 116 Å². The van der Waals surface area contributed by atoms with Gasteiger partial charge in [-0.3, -0.25) is 14.5 Å². The molecule has 0 aliphatic carbocycles. The van der Waals surface area contributed by atoms with Crippen LogP contribution in [-0.4, -0.2) is 115 Å². The Morgan fingerprint density at radius 1 is 0.803 bits per heavy atom. The van der Waals surface area contributed by atoms with Crippen LogP contribution in [0.3, 0.4) is 0 Å². The minimum atomic E-state index is -0.861. The van der Waals surface area contributed by atoms with Gasteiger partial charge in [0.1, 0.15) is 5.58 Å². The molecule has 14 nitrogen and oxygen atoms in total. The quantitative estimate of drug-likeness (QED) is 0.0935. The van der Waals surface area contributed by atoms with Gasteiger partial charge in [0.2, 0.25) is 6.29 Å². The highest BCUT2D eigenvalue weighted by Crippen LogP contribution is 2.50. The molecule has 8 rings (SSSR count). The smallest absolute Gasteiger partial charge is 0.289 e. The van der Waals surface area contributed by atoms with Crippen molar-refractivity contribution in [2.45, 2.75) is 76.7 Å². The molecule has 0 radical (unpaired) electrons. The number of aliphatic hydroxyl groups is 1. The van der Waals surface area contributed by atoms with Crippen LogP contribution < -0.4 is 24.4 Å². The number of benzene rings is 3. The number of carbonyl (C=O) groups excluding carboxylic acids is 1. The molecular weight excluding hydrogens is 845 g/mol. The minimum Gasteiger partial charge on any atom is -0.493 e. The monoisotopic (exact) mass is 910 g/mol. The normalized spacial score (nSPS) is 23.8. The first kappa shape index (κ1) is 47.4. The van der Waals surface area contributed by atoms with Crippen LogP contribution in [0.2, 0.25) is 0 Å². The number of carbonyl (C=O) groups is 1. The fourth-order valence-electron chi connectivity index (χ4n) is 10.9. The predicted octanol–water partition coefficient (Wildman–Crippen LogP) is 7.38. The molecule has 4 aromatic rings. The Morgan fingerprint density at radius 3 is 2.17 bits per heavy atom. The molecule has 1 saturated heterocycles. The Labute approximate surface area is 387 Å². The highest BCUT2D eigenvalue weighted by atomic mass is 16.7. The number of aliphatic hydroxyl groups excluding tert-OH is 1. The first-order valence-electron chi connectivity index (χ1n) is 23.6. The maximum absolute atomic E-state index is 15.5. The van der Waals surface area contributed by atoms with Gasteiger partial charge in [-0.15, -0.1) is 0 Å². The fraction of sp³-hybridized carbons (Fsp3) is 0.538. The summed E-state index contributed by atoms with van der Waals surface area (Å²) in [7, 11) is 6.66. The molecule has 0 spiro atoms. The van der Waals surface area contributed by atoms with E-state index in [2.05, 4.69) is 36.1 Å². The van der Waals surface area contributed by atoms with Crippen LogP contribution in [0.4, 0.5) is 0 Å². The fourth-order valence-corrected chi connectivity index (χ4v) is 10.9. The molecule has 1 amide bonds. The molecule has 356 valence electrons. The summed E-state index contributed by atoms with van der Waals surface area (Å²) < 4.78 is 53.6. The molecule has 5 heterocycles. The third-order valence-electron chi connectivity index (χ3n) is 14.3. The van der Waals surface area contributed by atoms with Gasteiger partial charge in [-0.25, -0.2) is 0 Å². The highest BCUT2D eigenvalue weighted by Gasteiger charge is 2.45. The first-order valence-corrected chi connectivity index (χ1v) is 23.6. The zero-order valence-corrected chi connectivity index (χ0v) is 39.3. The van der Waals surface area contributed by atoms with Gasteiger partial charge >= 0.3 is 0 Å². The molecule has 7 atom stereocenters. The molecule has 0 bridgehead atoms. The van der Waals surface area contributed by atoms with Gasteiger partial charge in [-0.1, -0.05) is 25.5 Å². The minimum absolute atomic E-state index is 0.0626. The lowest BCUT2D eigenvalue weighted by Crippen LogP contribution is -2.48. The van der Waals surface area contributed by atoms with Crippen molar-refractivity contribution in [3.05, 3.63) is 105 Å². The number of rotatable bonds is 19. The summed E-state index contributed by atoms with van der Waals surface area (Å²) in [6.45, 7) is 8.03. The molecule has 14 heteroatoms. The molecule has 66 heavy (non-hydrogen) atoms. The number of para-hydroxylation sites is 1. The van der Waals surface area contributed by atoms with E-state index >= 15 is 4.79 Å². The number of piperidine rings is 1. The van der Waals surface area contributed by atoms with E-state index in [0.29, 0.717) is 79.8 Å². The summed E-state index contributed by atoms with van der Waals surface area (Å²) in [4.78, 5) is 34.5.